The molecule has 0 saturated heterocycles. The first-order valence-electron chi connectivity index (χ1n) is 6.19. The highest BCUT2D eigenvalue weighted by Gasteiger charge is 2.03. The van der Waals surface area contributed by atoms with Crippen LogP contribution >= 0.6 is 0 Å². The first kappa shape index (κ1) is 12.6. The molecule has 1 aromatic heterocycles. The predicted octanol–water partition coefficient (Wildman–Crippen LogP) is 3.16. The second-order valence-electron chi connectivity index (χ2n) is 4.10. The van der Waals surface area contributed by atoms with Gasteiger partial charge in [-0.2, -0.15) is 0 Å². The van der Waals surface area contributed by atoms with Crippen molar-refractivity contribution >= 4 is 0 Å². The molecule has 0 aliphatic heterocycles. The van der Waals surface area contributed by atoms with Crippen LogP contribution in [0.5, 0.6) is 11.6 Å². The molecule has 1 N–H and O–H groups in total. The molecule has 0 unspecified atom stereocenters. The average molecular weight is 242 g/mol. The van der Waals surface area contributed by atoms with Gasteiger partial charge in [-0.3, -0.25) is 0 Å². The smallest absolute Gasteiger partial charge is 0.219 e. The number of ether oxygens (including phenoxy) is 1. The van der Waals surface area contributed by atoms with Crippen LogP contribution in [0.25, 0.3) is 0 Å². The lowest BCUT2D eigenvalue weighted by atomic mass is 10.2. The number of benzene rings is 1. The summed E-state index contributed by atoms with van der Waals surface area (Å²) in [7, 11) is 1.93. The Morgan fingerprint density at radius 1 is 1.17 bits per heavy atom. The molecular formula is C15H18N2O. The van der Waals surface area contributed by atoms with Crippen LogP contribution in [0.4, 0.5) is 0 Å². The number of nitrogens with zero attached hydrogens (tertiary/aromatic N) is 1. The number of pyridine rings is 1. The second-order valence-corrected chi connectivity index (χ2v) is 4.10. The summed E-state index contributed by atoms with van der Waals surface area (Å²) in [6, 6.07) is 13.8. The molecule has 0 amide bonds. The summed E-state index contributed by atoms with van der Waals surface area (Å²) < 4.78 is 5.77. The molecule has 0 aliphatic carbocycles. The fourth-order valence-electron chi connectivity index (χ4n) is 1.77. The number of rotatable bonds is 5. The zero-order valence-corrected chi connectivity index (χ0v) is 10.8. The fourth-order valence-corrected chi connectivity index (χ4v) is 1.77. The minimum atomic E-state index is 0.658. The molecular weight excluding hydrogens is 224 g/mol. The summed E-state index contributed by atoms with van der Waals surface area (Å²) in [5.74, 6) is 1.47. The lowest BCUT2D eigenvalue weighted by Crippen LogP contribution is -2.06. The largest absolute Gasteiger partial charge is 0.439 e. The van der Waals surface area contributed by atoms with Gasteiger partial charge in [0.05, 0.1) is 0 Å². The number of hydrogen-bond acceptors (Lipinski definition) is 3. The summed E-state index contributed by atoms with van der Waals surface area (Å²) >= 11 is 0. The number of aromatic nitrogens is 1. The minimum Gasteiger partial charge on any atom is -0.439 e. The summed E-state index contributed by atoms with van der Waals surface area (Å²) in [5, 5.41) is 3.14. The Kier molecular flexibility index (Phi) is 4.31. The molecule has 0 radical (unpaired) electrons. The molecule has 1 aromatic carbocycles. The van der Waals surface area contributed by atoms with Gasteiger partial charge in [-0.05, 0) is 37.2 Å². The molecule has 3 heteroatoms. The van der Waals surface area contributed by atoms with E-state index in [4.69, 9.17) is 4.74 Å². The monoisotopic (exact) mass is 242 g/mol. The molecule has 94 valence electrons. The van der Waals surface area contributed by atoms with E-state index >= 15 is 0 Å². The van der Waals surface area contributed by atoms with Gasteiger partial charge in [-0.1, -0.05) is 25.1 Å². The summed E-state index contributed by atoms with van der Waals surface area (Å²) in [4.78, 5) is 4.48. The Balaban J connectivity index is 2.24. The number of nitrogens with one attached hydrogen (secondary N) is 1. The normalized spacial score (nSPS) is 10.3. The molecule has 0 spiro atoms. The van der Waals surface area contributed by atoms with Crippen molar-refractivity contribution in [3.8, 4) is 11.6 Å². The van der Waals surface area contributed by atoms with E-state index in [0.717, 1.165) is 24.4 Å². The van der Waals surface area contributed by atoms with Gasteiger partial charge in [0.2, 0.25) is 5.88 Å². The van der Waals surface area contributed by atoms with Gasteiger partial charge < -0.3 is 10.1 Å². The van der Waals surface area contributed by atoms with Crippen molar-refractivity contribution in [3.05, 3.63) is 53.7 Å². The number of para-hydroxylation sites is 1. The quantitative estimate of drug-likeness (QED) is 0.874. The molecule has 0 aliphatic rings. The molecule has 0 fully saturated rings. The van der Waals surface area contributed by atoms with Crippen molar-refractivity contribution < 1.29 is 4.74 Å². The lowest BCUT2D eigenvalue weighted by Gasteiger charge is -2.09. The van der Waals surface area contributed by atoms with E-state index in [1.54, 1.807) is 0 Å². The van der Waals surface area contributed by atoms with Gasteiger partial charge in [0.15, 0.2) is 0 Å². The number of aryl methyl sites for hydroxylation is 1. The SMILES string of the molecule is CCc1cc(CNC)cc(Oc2ccccc2)n1. The molecule has 0 atom stereocenters. The zero-order chi connectivity index (χ0) is 12.8. The van der Waals surface area contributed by atoms with Crippen LogP contribution in [0.3, 0.4) is 0 Å². The Morgan fingerprint density at radius 2 is 1.94 bits per heavy atom. The minimum absolute atomic E-state index is 0.658. The Labute approximate surface area is 108 Å². The van der Waals surface area contributed by atoms with Gasteiger partial charge in [0.1, 0.15) is 5.75 Å². The summed E-state index contributed by atoms with van der Waals surface area (Å²) in [6.07, 6.45) is 0.905. The van der Waals surface area contributed by atoms with Crippen LogP contribution < -0.4 is 10.1 Å². The molecule has 2 aromatic rings. The van der Waals surface area contributed by atoms with Crippen LogP contribution in [-0.2, 0) is 13.0 Å². The summed E-state index contributed by atoms with van der Waals surface area (Å²) in [5.41, 5.74) is 2.24. The van der Waals surface area contributed by atoms with Crippen molar-refractivity contribution in [2.24, 2.45) is 0 Å². The lowest BCUT2D eigenvalue weighted by molar-refractivity contribution is 0.460. The van der Waals surface area contributed by atoms with Gasteiger partial charge >= 0.3 is 0 Å². The molecule has 2 rings (SSSR count). The standard InChI is InChI=1S/C15H18N2O/c1-3-13-9-12(11-16-2)10-15(17-13)18-14-7-5-4-6-8-14/h4-10,16H,3,11H2,1-2H3. The number of hydrogen-bond donors (Lipinski definition) is 1. The maximum Gasteiger partial charge on any atom is 0.219 e. The van der Waals surface area contributed by atoms with Crippen LogP contribution in [0.1, 0.15) is 18.2 Å². The van der Waals surface area contributed by atoms with Gasteiger partial charge in [-0.15, -0.1) is 0 Å². The van der Waals surface area contributed by atoms with Crippen LogP contribution in [0.15, 0.2) is 42.5 Å². The average Bonchev–Trinajstić information content (AvgIpc) is 2.40. The first-order valence-corrected chi connectivity index (χ1v) is 6.19. The van der Waals surface area contributed by atoms with E-state index in [1.807, 2.05) is 43.4 Å². The van der Waals surface area contributed by atoms with E-state index in [0.29, 0.717) is 5.88 Å². The van der Waals surface area contributed by atoms with E-state index in [9.17, 15) is 0 Å². The third-order valence-corrected chi connectivity index (χ3v) is 2.62. The fraction of sp³-hybridized carbons (Fsp3) is 0.267. The highest BCUT2D eigenvalue weighted by molar-refractivity contribution is 5.30. The predicted molar refractivity (Wildman–Crippen MR) is 72.9 cm³/mol. The second kappa shape index (κ2) is 6.17. The third kappa shape index (κ3) is 3.31. The van der Waals surface area contributed by atoms with Crippen molar-refractivity contribution in [1.29, 1.82) is 0 Å². The van der Waals surface area contributed by atoms with Gasteiger partial charge in [0, 0.05) is 18.3 Å². The molecule has 0 saturated carbocycles. The van der Waals surface area contributed by atoms with Crippen molar-refractivity contribution in [1.82, 2.24) is 10.3 Å². The van der Waals surface area contributed by atoms with Crippen LogP contribution in [0.2, 0.25) is 0 Å². The van der Waals surface area contributed by atoms with E-state index in [-0.39, 0.29) is 0 Å². The van der Waals surface area contributed by atoms with Crippen LogP contribution in [0, 0.1) is 0 Å². The third-order valence-electron chi connectivity index (χ3n) is 2.62. The van der Waals surface area contributed by atoms with Gasteiger partial charge in [0.25, 0.3) is 0 Å². The van der Waals surface area contributed by atoms with Gasteiger partial charge in [-0.25, -0.2) is 4.98 Å². The first-order chi connectivity index (χ1) is 8.81. The molecule has 1 heterocycles. The molecule has 0 bridgehead atoms. The highest BCUT2D eigenvalue weighted by atomic mass is 16.5. The van der Waals surface area contributed by atoms with Crippen molar-refractivity contribution in [2.75, 3.05) is 7.05 Å². The maximum atomic E-state index is 5.77. The Hall–Kier alpha value is -1.87. The Morgan fingerprint density at radius 3 is 2.61 bits per heavy atom. The summed E-state index contributed by atoms with van der Waals surface area (Å²) in [6.45, 7) is 2.92. The molecule has 3 nitrogen and oxygen atoms in total. The van der Waals surface area contributed by atoms with Crippen molar-refractivity contribution in [2.45, 2.75) is 19.9 Å². The van der Waals surface area contributed by atoms with E-state index in [2.05, 4.69) is 23.3 Å². The van der Waals surface area contributed by atoms with E-state index < -0.39 is 0 Å². The topological polar surface area (TPSA) is 34.1 Å². The Bertz CT molecular complexity index is 497. The zero-order valence-electron chi connectivity index (χ0n) is 10.8. The van der Waals surface area contributed by atoms with Crippen LogP contribution in [-0.4, -0.2) is 12.0 Å². The highest BCUT2D eigenvalue weighted by Crippen LogP contribution is 2.21. The van der Waals surface area contributed by atoms with Crippen molar-refractivity contribution in [3.63, 3.8) is 0 Å². The van der Waals surface area contributed by atoms with E-state index in [1.165, 1.54) is 5.56 Å². The maximum absolute atomic E-state index is 5.77. The molecule has 18 heavy (non-hydrogen) atoms.